The summed E-state index contributed by atoms with van der Waals surface area (Å²) < 4.78 is 0. The van der Waals surface area contributed by atoms with Crippen molar-refractivity contribution in [1.29, 1.82) is 0 Å². The summed E-state index contributed by atoms with van der Waals surface area (Å²) >= 11 is 11.9. The molecular weight excluding hydrogens is 299 g/mol. The van der Waals surface area contributed by atoms with Crippen LogP contribution in [-0.2, 0) is 9.59 Å². The van der Waals surface area contributed by atoms with Gasteiger partial charge >= 0.3 is 0 Å². The third kappa shape index (κ3) is 1.59. The molecule has 0 unspecified atom stereocenters. The lowest BCUT2D eigenvalue weighted by Crippen LogP contribution is -2.37. The number of carbonyl (C=O) groups excluding carboxylic acids is 2. The number of benzene rings is 1. The molecule has 0 radical (unpaired) electrons. The van der Waals surface area contributed by atoms with E-state index in [1.54, 1.807) is 18.2 Å². The average molecular weight is 311 g/mol. The van der Waals surface area contributed by atoms with Crippen molar-refractivity contribution in [2.45, 2.75) is 24.9 Å². The summed E-state index contributed by atoms with van der Waals surface area (Å²) in [5, 5.41) is 4.21. The molecule has 4 rings (SSSR count). The van der Waals surface area contributed by atoms with E-state index in [1.807, 2.05) is 0 Å². The van der Waals surface area contributed by atoms with Crippen molar-refractivity contribution in [3.63, 3.8) is 0 Å². The Morgan fingerprint density at radius 3 is 1.95 bits per heavy atom. The van der Waals surface area contributed by atoms with Crippen LogP contribution in [0.15, 0.2) is 18.2 Å². The quantitative estimate of drug-likeness (QED) is 0.809. The Labute approximate surface area is 126 Å². The maximum absolute atomic E-state index is 12.6. The highest BCUT2D eigenvalue weighted by Crippen LogP contribution is 2.46. The predicted molar refractivity (Wildman–Crippen MR) is 75.9 cm³/mol. The van der Waals surface area contributed by atoms with Gasteiger partial charge in [0.05, 0.1) is 17.5 Å². The second-order valence-electron chi connectivity index (χ2n) is 5.65. The smallest absolute Gasteiger partial charge is 0.239 e. The topological polar surface area (TPSA) is 49.4 Å². The molecule has 0 aromatic heterocycles. The van der Waals surface area contributed by atoms with Crippen molar-refractivity contribution in [3.05, 3.63) is 28.2 Å². The van der Waals surface area contributed by atoms with Crippen LogP contribution in [0.4, 0.5) is 5.69 Å². The summed E-state index contributed by atoms with van der Waals surface area (Å²) in [6.45, 7) is 0. The van der Waals surface area contributed by atoms with E-state index in [9.17, 15) is 9.59 Å². The predicted octanol–water partition coefficient (Wildman–Crippen LogP) is 2.23. The van der Waals surface area contributed by atoms with Crippen LogP contribution in [0.25, 0.3) is 0 Å². The molecule has 2 amide bonds. The number of carbonyl (C=O) groups is 2. The van der Waals surface area contributed by atoms with E-state index in [1.165, 1.54) is 4.90 Å². The van der Waals surface area contributed by atoms with Gasteiger partial charge in [0, 0.05) is 22.1 Å². The Morgan fingerprint density at radius 2 is 1.45 bits per heavy atom. The number of nitrogens with zero attached hydrogens (tertiary/aromatic N) is 1. The van der Waals surface area contributed by atoms with E-state index >= 15 is 0 Å². The number of hydrogen-bond donors (Lipinski definition) is 1. The first kappa shape index (κ1) is 12.6. The number of hydrogen-bond acceptors (Lipinski definition) is 3. The van der Waals surface area contributed by atoms with Gasteiger partial charge in [-0.1, -0.05) is 23.2 Å². The zero-order valence-electron chi connectivity index (χ0n) is 10.5. The first-order chi connectivity index (χ1) is 9.56. The Morgan fingerprint density at radius 1 is 0.950 bits per heavy atom. The van der Waals surface area contributed by atoms with Gasteiger partial charge in [-0.15, -0.1) is 0 Å². The van der Waals surface area contributed by atoms with Gasteiger partial charge in [-0.2, -0.15) is 0 Å². The molecule has 104 valence electrons. The fourth-order valence-electron chi connectivity index (χ4n) is 3.85. The average Bonchev–Trinajstić information content (AvgIpc) is 3.02. The van der Waals surface area contributed by atoms with E-state index in [0.29, 0.717) is 15.7 Å². The molecule has 1 N–H and O–H groups in total. The molecule has 1 aromatic rings. The van der Waals surface area contributed by atoms with Crippen molar-refractivity contribution in [2.24, 2.45) is 11.8 Å². The maximum Gasteiger partial charge on any atom is 0.239 e. The molecule has 6 heteroatoms. The molecule has 4 nitrogen and oxygen atoms in total. The summed E-state index contributed by atoms with van der Waals surface area (Å²) in [6.07, 6.45) is 1.93. The fourth-order valence-corrected chi connectivity index (χ4v) is 4.36. The number of fused-ring (bicyclic) bond motifs is 5. The molecule has 3 saturated heterocycles. The standard InChI is InChI=1S/C14H12Cl2N2O2/c15-6-3-7(16)5-8(4-6)18-13(19)11-9-1-2-10(17-9)12(11)14(18)20/h3-5,9-12,17H,1-2H2/t9-,10+,11+,12-. The molecule has 3 aliphatic heterocycles. The van der Waals surface area contributed by atoms with Crippen LogP contribution in [0.1, 0.15) is 12.8 Å². The number of halogens is 2. The summed E-state index contributed by atoms with van der Waals surface area (Å²) in [6, 6.07) is 5.09. The number of anilines is 1. The molecule has 0 spiro atoms. The molecule has 0 saturated carbocycles. The van der Waals surface area contributed by atoms with Crippen molar-refractivity contribution >= 4 is 40.7 Å². The van der Waals surface area contributed by atoms with Gasteiger partial charge in [-0.05, 0) is 31.0 Å². The normalized spacial score (nSPS) is 35.0. The van der Waals surface area contributed by atoms with Gasteiger partial charge < -0.3 is 5.32 Å². The second-order valence-corrected chi connectivity index (χ2v) is 6.52. The molecule has 20 heavy (non-hydrogen) atoms. The van der Waals surface area contributed by atoms with E-state index in [0.717, 1.165) is 12.8 Å². The van der Waals surface area contributed by atoms with Gasteiger partial charge in [0.1, 0.15) is 0 Å². The van der Waals surface area contributed by atoms with E-state index in [4.69, 9.17) is 23.2 Å². The third-order valence-electron chi connectivity index (χ3n) is 4.59. The molecule has 1 aromatic carbocycles. The number of nitrogens with one attached hydrogen (secondary N) is 1. The highest BCUT2D eigenvalue weighted by molar-refractivity contribution is 6.35. The Hall–Kier alpha value is -1.10. The minimum absolute atomic E-state index is 0.127. The molecule has 3 fully saturated rings. The van der Waals surface area contributed by atoms with E-state index < -0.39 is 0 Å². The molecule has 4 atom stereocenters. The number of rotatable bonds is 1. The van der Waals surface area contributed by atoms with Crippen LogP contribution < -0.4 is 10.2 Å². The van der Waals surface area contributed by atoms with Gasteiger partial charge in [0.25, 0.3) is 0 Å². The monoisotopic (exact) mass is 310 g/mol. The van der Waals surface area contributed by atoms with Gasteiger partial charge in [-0.3, -0.25) is 9.59 Å². The summed E-state index contributed by atoms with van der Waals surface area (Å²) in [5.74, 6) is -0.700. The van der Waals surface area contributed by atoms with Crippen molar-refractivity contribution in [3.8, 4) is 0 Å². The Kier molecular flexibility index (Phi) is 2.65. The largest absolute Gasteiger partial charge is 0.310 e. The molecule has 3 aliphatic rings. The molecule has 3 heterocycles. The first-order valence-corrected chi connectivity index (χ1v) is 7.42. The van der Waals surface area contributed by atoms with Crippen molar-refractivity contribution in [2.75, 3.05) is 4.90 Å². The lowest BCUT2D eigenvalue weighted by atomic mass is 9.81. The Bertz CT molecular complexity index is 585. The third-order valence-corrected chi connectivity index (χ3v) is 5.02. The fraction of sp³-hybridized carbons (Fsp3) is 0.429. The number of amides is 2. The summed E-state index contributed by atoms with van der Waals surface area (Å²) in [7, 11) is 0. The van der Waals surface area contributed by atoms with Crippen molar-refractivity contribution < 1.29 is 9.59 Å². The molecule has 0 aliphatic carbocycles. The van der Waals surface area contributed by atoms with Gasteiger partial charge in [0.15, 0.2) is 0 Å². The molecular formula is C14H12Cl2N2O2. The second kappa shape index (κ2) is 4.20. The summed E-state index contributed by atoms with van der Waals surface area (Å²) in [4.78, 5) is 26.4. The lowest BCUT2D eigenvalue weighted by Gasteiger charge is -2.18. The first-order valence-electron chi connectivity index (χ1n) is 6.66. The highest BCUT2D eigenvalue weighted by atomic mass is 35.5. The zero-order valence-corrected chi connectivity index (χ0v) is 12.0. The van der Waals surface area contributed by atoms with Crippen LogP contribution in [0.5, 0.6) is 0 Å². The SMILES string of the molecule is O=C1[C@@H]2[C@H](C(=O)N1c1cc(Cl)cc(Cl)c1)[C@@H]1CC[C@H]2N1. The lowest BCUT2D eigenvalue weighted by molar-refractivity contribution is -0.122. The van der Waals surface area contributed by atoms with Crippen LogP contribution >= 0.6 is 23.2 Å². The Balaban J connectivity index is 1.76. The number of imide groups is 1. The van der Waals surface area contributed by atoms with Crippen LogP contribution in [-0.4, -0.2) is 23.9 Å². The minimum atomic E-state index is -0.223. The van der Waals surface area contributed by atoms with Crippen LogP contribution in [0.2, 0.25) is 10.0 Å². The van der Waals surface area contributed by atoms with Crippen molar-refractivity contribution in [1.82, 2.24) is 5.32 Å². The van der Waals surface area contributed by atoms with Crippen LogP contribution in [0.3, 0.4) is 0 Å². The maximum atomic E-state index is 12.6. The van der Waals surface area contributed by atoms with Gasteiger partial charge in [0.2, 0.25) is 11.8 Å². The molecule has 2 bridgehead atoms. The van der Waals surface area contributed by atoms with E-state index in [2.05, 4.69) is 5.32 Å². The summed E-state index contributed by atoms with van der Waals surface area (Å²) in [5.41, 5.74) is 0.478. The van der Waals surface area contributed by atoms with E-state index in [-0.39, 0.29) is 35.7 Å². The highest BCUT2D eigenvalue weighted by Gasteiger charge is 2.61. The van der Waals surface area contributed by atoms with Crippen LogP contribution in [0, 0.1) is 11.8 Å². The van der Waals surface area contributed by atoms with Gasteiger partial charge in [-0.25, -0.2) is 4.90 Å². The minimum Gasteiger partial charge on any atom is -0.310 e. The zero-order chi connectivity index (χ0) is 14.0.